The van der Waals surface area contributed by atoms with Crippen molar-refractivity contribution in [1.29, 1.82) is 0 Å². The Bertz CT molecular complexity index is 1140. The largest absolute Gasteiger partial charge is 0.333 e. The molecule has 3 aromatic carbocycles. The number of hydrogen-bond acceptors (Lipinski definition) is 4. The molecule has 4 rings (SSSR count). The van der Waals surface area contributed by atoms with Crippen molar-refractivity contribution >= 4 is 17.3 Å². The van der Waals surface area contributed by atoms with Gasteiger partial charge in [-0.25, -0.2) is 0 Å². The number of aryl methyl sites for hydroxylation is 1. The molecule has 0 aliphatic carbocycles. The summed E-state index contributed by atoms with van der Waals surface area (Å²) in [6.45, 7) is 1.98. The van der Waals surface area contributed by atoms with E-state index in [1.165, 1.54) is 0 Å². The van der Waals surface area contributed by atoms with Crippen molar-refractivity contribution < 1.29 is 18.1 Å². The maximum atomic E-state index is 13.3. The number of alkyl halides is 2. The van der Waals surface area contributed by atoms with Crippen molar-refractivity contribution in [3.05, 3.63) is 95.9 Å². The van der Waals surface area contributed by atoms with E-state index in [4.69, 9.17) is 0 Å². The van der Waals surface area contributed by atoms with Gasteiger partial charge in [-0.05, 0) is 43.3 Å². The van der Waals surface area contributed by atoms with Gasteiger partial charge in [-0.15, -0.1) is 0 Å². The van der Waals surface area contributed by atoms with Gasteiger partial charge in [0.2, 0.25) is 5.82 Å². The first kappa shape index (κ1) is 19.4. The average Bonchev–Trinajstić information content (AvgIpc) is 3.27. The molecule has 0 aliphatic heterocycles. The number of anilines is 2. The third-order valence-corrected chi connectivity index (χ3v) is 4.53. The molecule has 0 atom stereocenters. The number of para-hydroxylation sites is 1. The minimum Gasteiger partial charge on any atom is -0.333 e. The number of carbonyl (C=O) groups excluding carboxylic acids is 1. The highest BCUT2D eigenvalue weighted by molar-refractivity contribution is 6.11. The van der Waals surface area contributed by atoms with Crippen LogP contribution in [0.2, 0.25) is 0 Å². The lowest BCUT2D eigenvalue weighted by atomic mass is 10.1. The molecule has 0 fully saturated rings. The van der Waals surface area contributed by atoms with Crippen molar-refractivity contribution in [3.8, 4) is 11.4 Å². The zero-order valence-corrected chi connectivity index (χ0v) is 16.0. The molecule has 0 bridgehead atoms. The molecular formula is C23H17F2N3O2. The number of carbonyl (C=O) groups is 1. The van der Waals surface area contributed by atoms with Crippen LogP contribution < -0.4 is 4.90 Å². The van der Waals surface area contributed by atoms with Crippen LogP contribution >= 0.6 is 0 Å². The van der Waals surface area contributed by atoms with E-state index in [-0.39, 0.29) is 11.7 Å². The first-order valence-corrected chi connectivity index (χ1v) is 9.21. The zero-order chi connectivity index (χ0) is 21.1. The lowest BCUT2D eigenvalue weighted by Crippen LogP contribution is -2.25. The number of amides is 1. The van der Waals surface area contributed by atoms with Gasteiger partial charge in [0.1, 0.15) is 0 Å². The third kappa shape index (κ3) is 3.96. The van der Waals surface area contributed by atoms with Gasteiger partial charge < -0.3 is 4.52 Å². The van der Waals surface area contributed by atoms with E-state index in [1.54, 1.807) is 29.2 Å². The van der Waals surface area contributed by atoms with Crippen molar-refractivity contribution in [3.63, 3.8) is 0 Å². The molecular weight excluding hydrogens is 388 g/mol. The van der Waals surface area contributed by atoms with Gasteiger partial charge in [-0.3, -0.25) is 9.69 Å². The summed E-state index contributed by atoms with van der Waals surface area (Å²) in [4.78, 5) is 18.6. The van der Waals surface area contributed by atoms with Gasteiger partial charge in [0.15, 0.2) is 0 Å². The van der Waals surface area contributed by atoms with Gasteiger partial charge in [0.25, 0.3) is 11.8 Å². The SMILES string of the molecule is Cc1ccc(N(C(=O)c2ccc(-c3noc(C(F)F)n3)cc2)c2ccccc2)cc1. The van der Waals surface area contributed by atoms with E-state index in [1.807, 2.05) is 61.5 Å². The molecule has 30 heavy (non-hydrogen) atoms. The summed E-state index contributed by atoms with van der Waals surface area (Å²) in [5, 5.41) is 3.56. The number of benzene rings is 3. The number of aromatic nitrogens is 2. The van der Waals surface area contributed by atoms with E-state index in [2.05, 4.69) is 14.7 Å². The minimum atomic E-state index is -2.83. The fourth-order valence-corrected chi connectivity index (χ4v) is 2.99. The highest BCUT2D eigenvalue weighted by Gasteiger charge is 2.21. The lowest BCUT2D eigenvalue weighted by molar-refractivity contribution is 0.0999. The smallest absolute Gasteiger partial charge is 0.315 e. The van der Waals surface area contributed by atoms with E-state index >= 15 is 0 Å². The molecule has 0 radical (unpaired) electrons. The Hall–Kier alpha value is -3.87. The summed E-state index contributed by atoms with van der Waals surface area (Å²) in [5.41, 5.74) is 3.46. The first-order chi connectivity index (χ1) is 14.5. The van der Waals surface area contributed by atoms with E-state index in [0.29, 0.717) is 11.1 Å². The predicted molar refractivity (Wildman–Crippen MR) is 109 cm³/mol. The summed E-state index contributed by atoms with van der Waals surface area (Å²) in [5.74, 6) is -0.916. The Morgan fingerprint density at radius 3 is 2.13 bits per heavy atom. The Morgan fingerprint density at radius 2 is 1.53 bits per heavy atom. The first-order valence-electron chi connectivity index (χ1n) is 9.21. The van der Waals surface area contributed by atoms with Gasteiger partial charge in [0.05, 0.1) is 0 Å². The van der Waals surface area contributed by atoms with Crippen LogP contribution in [0, 0.1) is 6.92 Å². The molecule has 4 aromatic rings. The summed E-state index contributed by atoms with van der Waals surface area (Å²) < 4.78 is 29.8. The van der Waals surface area contributed by atoms with E-state index in [9.17, 15) is 13.6 Å². The molecule has 0 saturated carbocycles. The monoisotopic (exact) mass is 405 g/mol. The van der Waals surface area contributed by atoms with Gasteiger partial charge >= 0.3 is 6.43 Å². The van der Waals surface area contributed by atoms with Crippen LogP contribution in [0.5, 0.6) is 0 Å². The van der Waals surface area contributed by atoms with Crippen LogP contribution in [0.1, 0.15) is 28.2 Å². The number of halogens is 2. The van der Waals surface area contributed by atoms with Crippen LogP contribution in [0.4, 0.5) is 20.2 Å². The molecule has 5 nitrogen and oxygen atoms in total. The lowest BCUT2D eigenvalue weighted by Gasteiger charge is -2.23. The summed E-state index contributed by atoms with van der Waals surface area (Å²) in [6.07, 6.45) is -2.83. The second kappa shape index (κ2) is 8.24. The minimum absolute atomic E-state index is 0.0442. The Morgan fingerprint density at radius 1 is 0.900 bits per heavy atom. The number of hydrogen-bond donors (Lipinski definition) is 0. The summed E-state index contributed by atoms with van der Waals surface area (Å²) in [6, 6.07) is 23.4. The molecule has 1 heterocycles. The number of nitrogens with zero attached hydrogens (tertiary/aromatic N) is 3. The van der Waals surface area contributed by atoms with Gasteiger partial charge in [-0.1, -0.05) is 53.2 Å². The van der Waals surface area contributed by atoms with Crippen molar-refractivity contribution in [2.45, 2.75) is 13.3 Å². The van der Waals surface area contributed by atoms with Crippen LogP contribution in [-0.2, 0) is 0 Å². The van der Waals surface area contributed by atoms with Crippen molar-refractivity contribution in [2.24, 2.45) is 0 Å². The maximum absolute atomic E-state index is 13.3. The second-order valence-electron chi connectivity index (χ2n) is 6.65. The number of rotatable bonds is 5. The Labute approximate surface area is 171 Å². The molecule has 0 saturated heterocycles. The average molecular weight is 405 g/mol. The Balaban J connectivity index is 1.66. The maximum Gasteiger partial charge on any atom is 0.315 e. The molecule has 0 spiro atoms. The van der Waals surface area contributed by atoms with Crippen LogP contribution in [0.15, 0.2) is 83.4 Å². The molecule has 0 N–H and O–H groups in total. The third-order valence-electron chi connectivity index (χ3n) is 4.53. The van der Waals surface area contributed by atoms with Crippen LogP contribution in [0.3, 0.4) is 0 Å². The van der Waals surface area contributed by atoms with E-state index in [0.717, 1.165) is 16.9 Å². The van der Waals surface area contributed by atoms with Gasteiger partial charge in [0, 0.05) is 22.5 Å². The molecule has 7 heteroatoms. The van der Waals surface area contributed by atoms with Crippen LogP contribution in [-0.4, -0.2) is 16.0 Å². The van der Waals surface area contributed by atoms with Crippen molar-refractivity contribution in [2.75, 3.05) is 4.90 Å². The highest BCUT2D eigenvalue weighted by atomic mass is 19.3. The van der Waals surface area contributed by atoms with E-state index < -0.39 is 12.3 Å². The summed E-state index contributed by atoms with van der Waals surface area (Å²) >= 11 is 0. The molecule has 150 valence electrons. The predicted octanol–water partition coefficient (Wildman–Crippen LogP) is 5.96. The highest BCUT2D eigenvalue weighted by Crippen LogP contribution is 2.28. The molecule has 0 aliphatic rings. The standard InChI is InChI=1S/C23H17F2N3O2/c1-15-7-13-19(14-8-15)28(18-5-3-2-4-6-18)23(29)17-11-9-16(10-12-17)21-26-22(20(24)25)30-27-21/h2-14,20H,1H3. The normalized spacial score (nSPS) is 10.9. The molecule has 1 amide bonds. The van der Waals surface area contributed by atoms with Crippen molar-refractivity contribution in [1.82, 2.24) is 10.1 Å². The molecule has 1 aromatic heterocycles. The Kier molecular flexibility index (Phi) is 5.34. The van der Waals surface area contributed by atoms with Crippen LogP contribution in [0.25, 0.3) is 11.4 Å². The summed E-state index contributed by atoms with van der Waals surface area (Å²) in [7, 11) is 0. The van der Waals surface area contributed by atoms with Gasteiger partial charge in [-0.2, -0.15) is 13.8 Å². The zero-order valence-electron chi connectivity index (χ0n) is 16.0. The molecule has 0 unspecified atom stereocenters. The quantitative estimate of drug-likeness (QED) is 0.411. The fraction of sp³-hybridized carbons (Fsp3) is 0.0870. The second-order valence-corrected chi connectivity index (χ2v) is 6.65. The fourth-order valence-electron chi connectivity index (χ4n) is 2.99. The topological polar surface area (TPSA) is 59.2 Å².